The van der Waals surface area contributed by atoms with Gasteiger partial charge in [0.1, 0.15) is 11.4 Å². The first kappa shape index (κ1) is 13.2. The van der Waals surface area contributed by atoms with E-state index in [-0.39, 0.29) is 18.4 Å². The van der Waals surface area contributed by atoms with Crippen LogP contribution in [0.4, 0.5) is 0 Å². The van der Waals surface area contributed by atoms with Gasteiger partial charge in [-0.15, -0.1) is 12.4 Å². The van der Waals surface area contributed by atoms with Crippen molar-refractivity contribution < 1.29 is 14.3 Å². The number of esters is 1. The van der Waals surface area contributed by atoms with Gasteiger partial charge < -0.3 is 14.8 Å². The van der Waals surface area contributed by atoms with E-state index in [9.17, 15) is 4.79 Å². The predicted molar refractivity (Wildman–Crippen MR) is 69.4 cm³/mol. The van der Waals surface area contributed by atoms with Crippen LogP contribution in [0, 0.1) is 0 Å². The molecule has 0 radical (unpaired) electrons. The summed E-state index contributed by atoms with van der Waals surface area (Å²) in [6, 6.07) is 5.54. The van der Waals surface area contributed by atoms with Crippen LogP contribution in [0.25, 0.3) is 0 Å². The minimum atomic E-state index is -0.468. The van der Waals surface area contributed by atoms with E-state index < -0.39 is 5.60 Å². The molecule has 1 N–H and O–H groups in total. The summed E-state index contributed by atoms with van der Waals surface area (Å²) in [5.41, 5.74) is 1.13. The van der Waals surface area contributed by atoms with Crippen LogP contribution in [0.2, 0.25) is 0 Å². The number of fused-ring (bicyclic) bond motifs is 2. The molecule has 2 heterocycles. The van der Waals surface area contributed by atoms with Crippen molar-refractivity contribution in [2.75, 3.05) is 20.2 Å². The zero-order chi connectivity index (χ0) is 11.9. The average molecular weight is 270 g/mol. The first-order valence-electron chi connectivity index (χ1n) is 5.88. The van der Waals surface area contributed by atoms with Crippen LogP contribution in [-0.2, 0) is 10.3 Å². The predicted octanol–water partition coefficient (Wildman–Crippen LogP) is 1.87. The van der Waals surface area contributed by atoms with Gasteiger partial charge in [-0.05, 0) is 25.2 Å². The van der Waals surface area contributed by atoms with Gasteiger partial charge >= 0.3 is 5.97 Å². The number of ether oxygens (including phenoxy) is 2. The highest BCUT2D eigenvalue weighted by molar-refractivity contribution is 5.95. The van der Waals surface area contributed by atoms with E-state index in [0.717, 1.165) is 37.2 Å². The molecule has 18 heavy (non-hydrogen) atoms. The van der Waals surface area contributed by atoms with Crippen molar-refractivity contribution in [3.8, 4) is 5.75 Å². The Labute approximate surface area is 112 Å². The maximum absolute atomic E-state index is 11.9. The largest absolute Gasteiger partial charge is 0.496 e. The molecule has 98 valence electrons. The van der Waals surface area contributed by atoms with Crippen molar-refractivity contribution in [1.29, 1.82) is 0 Å². The number of hydrogen-bond donors (Lipinski definition) is 1. The van der Waals surface area contributed by atoms with Gasteiger partial charge in [-0.3, -0.25) is 0 Å². The highest BCUT2D eigenvalue weighted by Gasteiger charge is 2.48. The summed E-state index contributed by atoms with van der Waals surface area (Å²) in [6.45, 7) is 1.73. The van der Waals surface area contributed by atoms with Crippen LogP contribution in [0.15, 0.2) is 18.2 Å². The minimum absolute atomic E-state index is 0. The Morgan fingerprint density at radius 2 is 2.06 bits per heavy atom. The Morgan fingerprint density at radius 1 is 1.33 bits per heavy atom. The summed E-state index contributed by atoms with van der Waals surface area (Å²) in [6.07, 6.45) is 1.62. The summed E-state index contributed by atoms with van der Waals surface area (Å²) in [7, 11) is 1.63. The summed E-state index contributed by atoms with van der Waals surface area (Å²) < 4.78 is 11.0. The molecule has 1 spiro atoms. The number of nitrogens with one attached hydrogen (secondary N) is 1. The van der Waals surface area contributed by atoms with Crippen molar-refractivity contribution in [1.82, 2.24) is 5.32 Å². The second-order valence-corrected chi connectivity index (χ2v) is 4.52. The maximum Gasteiger partial charge on any atom is 0.339 e. The lowest BCUT2D eigenvalue weighted by Crippen LogP contribution is -2.40. The van der Waals surface area contributed by atoms with Crippen LogP contribution >= 0.6 is 12.4 Å². The number of carbonyl (C=O) groups is 1. The van der Waals surface area contributed by atoms with E-state index in [1.165, 1.54) is 0 Å². The van der Waals surface area contributed by atoms with Crippen LogP contribution in [0.1, 0.15) is 28.8 Å². The molecule has 3 rings (SSSR count). The lowest BCUT2D eigenvalue weighted by atomic mass is 9.84. The van der Waals surface area contributed by atoms with Crippen molar-refractivity contribution in [2.45, 2.75) is 18.4 Å². The van der Waals surface area contributed by atoms with Gasteiger partial charge in [0.25, 0.3) is 0 Å². The zero-order valence-corrected chi connectivity index (χ0v) is 11.0. The van der Waals surface area contributed by atoms with Gasteiger partial charge in [-0.25, -0.2) is 4.79 Å². The third kappa shape index (κ3) is 1.76. The molecule has 0 aromatic heterocycles. The van der Waals surface area contributed by atoms with E-state index in [0.29, 0.717) is 5.56 Å². The molecule has 0 aliphatic carbocycles. The van der Waals surface area contributed by atoms with E-state index in [1.807, 2.05) is 18.2 Å². The molecule has 0 bridgehead atoms. The Bertz CT molecular complexity index is 469. The lowest BCUT2D eigenvalue weighted by molar-refractivity contribution is -0.0249. The fourth-order valence-electron chi connectivity index (χ4n) is 2.81. The average Bonchev–Trinajstić information content (AvgIpc) is 2.64. The molecule has 0 atom stereocenters. The molecule has 5 heteroatoms. The summed E-state index contributed by atoms with van der Waals surface area (Å²) in [5, 5.41) is 3.29. The van der Waals surface area contributed by atoms with E-state index in [4.69, 9.17) is 9.47 Å². The summed E-state index contributed by atoms with van der Waals surface area (Å²) >= 11 is 0. The fourth-order valence-corrected chi connectivity index (χ4v) is 2.81. The lowest BCUT2D eigenvalue weighted by Gasteiger charge is -2.33. The molecule has 1 aromatic carbocycles. The molecule has 2 aliphatic heterocycles. The summed E-state index contributed by atoms with van der Waals surface area (Å²) in [5.74, 6) is 0.538. The molecule has 4 nitrogen and oxygen atoms in total. The minimum Gasteiger partial charge on any atom is -0.496 e. The number of rotatable bonds is 1. The Balaban J connectivity index is 0.00000120. The third-order valence-electron chi connectivity index (χ3n) is 3.62. The van der Waals surface area contributed by atoms with E-state index in [1.54, 1.807) is 7.11 Å². The molecule has 1 fully saturated rings. The molecule has 0 amide bonds. The monoisotopic (exact) mass is 269 g/mol. The van der Waals surface area contributed by atoms with Gasteiger partial charge in [-0.2, -0.15) is 0 Å². The molecule has 1 aromatic rings. The topological polar surface area (TPSA) is 47.6 Å². The molecule has 1 saturated heterocycles. The Hall–Kier alpha value is -1.26. The smallest absolute Gasteiger partial charge is 0.339 e. The highest BCUT2D eigenvalue weighted by Crippen LogP contribution is 2.47. The van der Waals surface area contributed by atoms with Gasteiger partial charge in [0.15, 0.2) is 0 Å². The standard InChI is InChI=1S/C13H15NO3.ClH/c1-16-10-4-2-3-9-11(10)13(17-12(9)15)5-7-14-8-6-13;/h2-4,14H,5-8H2,1H3;1H. The second-order valence-electron chi connectivity index (χ2n) is 4.52. The molecular formula is C13H16ClNO3. The van der Waals surface area contributed by atoms with Crippen molar-refractivity contribution >= 4 is 18.4 Å². The van der Waals surface area contributed by atoms with Gasteiger partial charge in [-0.1, -0.05) is 6.07 Å². The third-order valence-corrected chi connectivity index (χ3v) is 3.62. The van der Waals surface area contributed by atoms with E-state index >= 15 is 0 Å². The van der Waals surface area contributed by atoms with Crippen molar-refractivity contribution in [3.05, 3.63) is 29.3 Å². The number of piperidine rings is 1. The SMILES string of the molecule is COc1cccc2c1C1(CCNCC1)OC2=O.Cl. The highest BCUT2D eigenvalue weighted by atomic mass is 35.5. The van der Waals surface area contributed by atoms with Crippen molar-refractivity contribution in [2.24, 2.45) is 0 Å². The van der Waals surface area contributed by atoms with Gasteiger partial charge in [0.2, 0.25) is 0 Å². The van der Waals surface area contributed by atoms with Crippen LogP contribution in [0.3, 0.4) is 0 Å². The number of benzene rings is 1. The Morgan fingerprint density at radius 3 is 2.72 bits per heavy atom. The second kappa shape index (κ2) is 4.78. The molecular weight excluding hydrogens is 254 g/mol. The van der Waals surface area contributed by atoms with Crippen molar-refractivity contribution in [3.63, 3.8) is 0 Å². The summed E-state index contributed by atoms with van der Waals surface area (Å²) in [4.78, 5) is 11.9. The normalized spacial score (nSPS) is 19.9. The number of carbonyl (C=O) groups excluding carboxylic acids is 1. The quantitative estimate of drug-likeness (QED) is 0.791. The number of halogens is 1. The first-order chi connectivity index (χ1) is 8.27. The fraction of sp³-hybridized carbons (Fsp3) is 0.462. The maximum atomic E-state index is 11.9. The van der Waals surface area contributed by atoms with E-state index in [2.05, 4.69) is 5.32 Å². The number of hydrogen-bond acceptors (Lipinski definition) is 4. The first-order valence-corrected chi connectivity index (χ1v) is 5.88. The van der Waals surface area contributed by atoms with Crippen LogP contribution in [0.5, 0.6) is 5.75 Å². The van der Waals surface area contributed by atoms with Gasteiger partial charge in [0, 0.05) is 12.8 Å². The molecule has 2 aliphatic rings. The number of methoxy groups -OCH3 is 1. The van der Waals surface area contributed by atoms with Crippen LogP contribution in [-0.4, -0.2) is 26.2 Å². The molecule has 0 unspecified atom stereocenters. The molecule has 0 saturated carbocycles. The van der Waals surface area contributed by atoms with Gasteiger partial charge in [0.05, 0.1) is 18.2 Å². The van der Waals surface area contributed by atoms with Crippen LogP contribution < -0.4 is 10.1 Å². The zero-order valence-electron chi connectivity index (χ0n) is 10.2. The Kier molecular flexibility index (Phi) is 3.50.